The highest BCUT2D eigenvalue weighted by atomic mass is 32.2. The summed E-state index contributed by atoms with van der Waals surface area (Å²) >= 11 is 1.96. The first kappa shape index (κ1) is 16.4. The van der Waals surface area contributed by atoms with Crippen molar-refractivity contribution in [2.45, 2.75) is 56.4 Å². The lowest BCUT2D eigenvalue weighted by Gasteiger charge is -2.22. The summed E-state index contributed by atoms with van der Waals surface area (Å²) in [6.45, 7) is 2.17. The number of nitrogens with two attached hydrogens (primary N) is 1. The van der Waals surface area contributed by atoms with Crippen molar-refractivity contribution in [2.75, 3.05) is 5.75 Å². The normalized spacial score (nSPS) is 23.0. The molecular formula is C17H26N2OS. The Morgan fingerprint density at radius 2 is 2.14 bits per heavy atom. The van der Waals surface area contributed by atoms with E-state index in [1.54, 1.807) is 0 Å². The fourth-order valence-corrected chi connectivity index (χ4v) is 4.09. The van der Waals surface area contributed by atoms with Gasteiger partial charge in [0.1, 0.15) is 0 Å². The van der Waals surface area contributed by atoms with Crippen LogP contribution in [0.4, 0.5) is 0 Å². The van der Waals surface area contributed by atoms with E-state index in [-0.39, 0.29) is 5.91 Å². The van der Waals surface area contributed by atoms with Gasteiger partial charge in [-0.3, -0.25) is 4.79 Å². The Bertz CT molecular complexity index is 438. The van der Waals surface area contributed by atoms with Crippen molar-refractivity contribution < 1.29 is 4.79 Å². The minimum Gasteiger partial charge on any atom is -0.351 e. The summed E-state index contributed by atoms with van der Waals surface area (Å²) in [5.74, 6) is 1.12. The van der Waals surface area contributed by atoms with Crippen LogP contribution in [-0.2, 0) is 11.2 Å². The Morgan fingerprint density at radius 3 is 2.86 bits per heavy atom. The van der Waals surface area contributed by atoms with Crippen LogP contribution in [-0.4, -0.2) is 29.0 Å². The maximum atomic E-state index is 12.2. The predicted molar refractivity (Wildman–Crippen MR) is 90.4 cm³/mol. The average Bonchev–Trinajstić information content (AvgIpc) is 2.93. The van der Waals surface area contributed by atoms with Crippen LogP contribution >= 0.6 is 11.8 Å². The summed E-state index contributed by atoms with van der Waals surface area (Å²) in [7, 11) is 0. The van der Waals surface area contributed by atoms with Crippen LogP contribution in [0.3, 0.4) is 0 Å². The van der Waals surface area contributed by atoms with Crippen molar-refractivity contribution in [1.82, 2.24) is 5.32 Å². The third-order valence-electron chi connectivity index (χ3n) is 4.08. The molecule has 1 aliphatic carbocycles. The van der Waals surface area contributed by atoms with E-state index in [0.717, 1.165) is 18.6 Å². The molecule has 0 saturated heterocycles. The first-order valence-electron chi connectivity index (χ1n) is 7.92. The zero-order valence-corrected chi connectivity index (χ0v) is 13.6. The second-order valence-electron chi connectivity index (χ2n) is 5.67. The fourth-order valence-electron chi connectivity index (χ4n) is 2.89. The van der Waals surface area contributed by atoms with E-state index in [1.165, 1.54) is 18.4 Å². The number of nitrogens with one attached hydrogen (secondary N) is 1. The molecule has 0 aromatic heterocycles. The largest absolute Gasteiger partial charge is 0.351 e. The van der Waals surface area contributed by atoms with Gasteiger partial charge in [-0.05, 0) is 37.0 Å². The molecule has 4 heteroatoms. The number of aryl methyl sites for hydroxylation is 1. The number of carbonyl (C=O) groups is 1. The molecule has 3 N–H and O–H groups in total. The van der Waals surface area contributed by atoms with Gasteiger partial charge in [-0.15, -0.1) is 0 Å². The van der Waals surface area contributed by atoms with Crippen LogP contribution in [0.5, 0.6) is 0 Å². The molecule has 3 atom stereocenters. The van der Waals surface area contributed by atoms with Crippen LogP contribution < -0.4 is 11.1 Å². The lowest BCUT2D eigenvalue weighted by Crippen LogP contribution is -2.47. The van der Waals surface area contributed by atoms with Gasteiger partial charge in [-0.25, -0.2) is 0 Å². The lowest BCUT2D eigenvalue weighted by molar-refractivity contribution is -0.123. The summed E-state index contributed by atoms with van der Waals surface area (Å²) < 4.78 is 0. The highest BCUT2D eigenvalue weighted by Gasteiger charge is 2.29. The minimum atomic E-state index is -0.405. The number of carbonyl (C=O) groups excluding carboxylic acids is 1. The van der Waals surface area contributed by atoms with Gasteiger partial charge in [0.25, 0.3) is 0 Å². The van der Waals surface area contributed by atoms with Gasteiger partial charge in [0, 0.05) is 11.3 Å². The van der Waals surface area contributed by atoms with Gasteiger partial charge < -0.3 is 11.1 Å². The van der Waals surface area contributed by atoms with Crippen LogP contribution in [0, 0.1) is 0 Å². The van der Waals surface area contributed by atoms with E-state index in [2.05, 4.69) is 24.4 Å². The number of amides is 1. The Labute approximate surface area is 132 Å². The molecular weight excluding hydrogens is 280 g/mol. The standard InChI is InChI=1S/C17H26N2OS/c1-2-21-16-10-6-9-15(16)19-17(20)14(18)12-11-13-7-4-3-5-8-13/h3-5,7-8,14-16H,2,6,9-12,18H2,1H3,(H,19,20)/t14-,15?,16?/m0/s1. The number of benzene rings is 1. The van der Waals surface area contributed by atoms with E-state index < -0.39 is 6.04 Å². The zero-order valence-electron chi connectivity index (χ0n) is 12.8. The van der Waals surface area contributed by atoms with Gasteiger partial charge in [0.15, 0.2) is 0 Å². The summed E-state index contributed by atoms with van der Waals surface area (Å²) in [6.07, 6.45) is 5.07. The number of thioether (sulfide) groups is 1. The second kappa shape index (κ2) is 8.44. The summed E-state index contributed by atoms with van der Waals surface area (Å²) in [5.41, 5.74) is 7.28. The molecule has 2 rings (SSSR count). The fraction of sp³-hybridized carbons (Fsp3) is 0.588. The van der Waals surface area contributed by atoms with Gasteiger partial charge in [-0.1, -0.05) is 43.7 Å². The van der Waals surface area contributed by atoms with Gasteiger partial charge in [-0.2, -0.15) is 11.8 Å². The minimum absolute atomic E-state index is 0.0135. The second-order valence-corrected chi connectivity index (χ2v) is 7.19. The van der Waals surface area contributed by atoms with Crippen LogP contribution in [0.15, 0.2) is 30.3 Å². The van der Waals surface area contributed by atoms with E-state index >= 15 is 0 Å². The summed E-state index contributed by atoms with van der Waals surface area (Å²) in [6, 6.07) is 10.1. The van der Waals surface area contributed by atoms with Gasteiger partial charge in [0.05, 0.1) is 6.04 Å². The maximum absolute atomic E-state index is 12.2. The third-order valence-corrected chi connectivity index (χ3v) is 5.41. The molecule has 2 unspecified atom stereocenters. The highest BCUT2D eigenvalue weighted by molar-refractivity contribution is 7.99. The molecule has 21 heavy (non-hydrogen) atoms. The Hall–Kier alpha value is -1.00. The first-order valence-corrected chi connectivity index (χ1v) is 8.97. The van der Waals surface area contributed by atoms with Crippen molar-refractivity contribution in [3.8, 4) is 0 Å². The topological polar surface area (TPSA) is 55.1 Å². The highest BCUT2D eigenvalue weighted by Crippen LogP contribution is 2.29. The van der Waals surface area contributed by atoms with E-state index in [1.807, 2.05) is 30.0 Å². The SMILES string of the molecule is CCSC1CCCC1NC(=O)[C@@H](N)CCc1ccccc1. The molecule has 0 spiro atoms. The molecule has 1 fully saturated rings. The van der Waals surface area contributed by atoms with E-state index in [9.17, 15) is 4.79 Å². The van der Waals surface area contributed by atoms with Crippen molar-refractivity contribution in [3.05, 3.63) is 35.9 Å². The molecule has 1 amide bonds. The smallest absolute Gasteiger partial charge is 0.237 e. The molecule has 1 aromatic carbocycles. The zero-order chi connectivity index (χ0) is 15.1. The molecule has 0 radical (unpaired) electrons. The summed E-state index contributed by atoms with van der Waals surface area (Å²) in [5, 5.41) is 3.73. The number of rotatable bonds is 7. The van der Waals surface area contributed by atoms with Crippen LogP contribution in [0.2, 0.25) is 0 Å². The van der Waals surface area contributed by atoms with Crippen molar-refractivity contribution in [3.63, 3.8) is 0 Å². The number of hydrogen-bond acceptors (Lipinski definition) is 3. The molecule has 3 nitrogen and oxygen atoms in total. The molecule has 1 aliphatic rings. The third kappa shape index (κ3) is 5.04. The molecule has 116 valence electrons. The maximum Gasteiger partial charge on any atom is 0.237 e. The number of hydrogen-bond donors (Lipinski definition) is 2. The molecule has 0 bridgehead atoms. The predicted octanol–water partition coefficient (Wildman–Crippen LogP) is 2.74. The lowest BCUT2D eigenvalue weighted by atomic mass is 10.0. The summed E-state index contributed by atoms with van der Waals surface area (Å²) in [4.78, 5) is 12.2. The van der Waals surface area contributed by atoms with Crippen molar-refractivity contribution in [2.24, 2.45) is 5.73 Å². The Balaban J connectivity index is 1.77. The molecule has 1 saturated carbocycles. The Morgan fingerprint density at radius 1 is 1.38 bits per heavy atom. The average molecular weight is 306 g/mol. The quantitative estimate of drug-likeness (QED) is 0.814. The Kier molecular flexibility index (Phi) is 6.58. The van der Waals surface area contributed by atoms with E-state index in [4.69, 9.17) is 5.73 Å². The van der Waals surface area contributed by atoms with E-state index in [0.29, 0.717) is 17.7 Å². The molecule has 0 heterocycles. The first-order chi connectivity index (χ1) is 10.2. The molecule has 1 aromatic rings. The molecule has 0 aliphatic heterocycles. The van der Waals surface area contributed by atoms with Gasteiger partial charge >= 0.3 is 0 Å². The van der Waals surface area contributed by atoms with Crippen LogP contribution in [0.25, 0.3) is 0 Å². The van der Waals surface area contributed by atoms with Gasteiger partial charge in [0.2, 0.25) is 5.91 Å². The van der Waals surface area contributed by atoms with Crippen molar-refractivity contribution in [1.29, 1.82) is 0 Å². The van der Waals surface area contributed by atoms with Crippen LogP contribution in [0.1, 0.15) is 38.2 Å². The monoisotopic (exact) mass is 306 g/mol. The van der Waals surface area contributed by atoms with Crippen molar-refractivity contribution >= 4 is 17.7 Å².